The van der Waals surface area contributed by atoms with Crippen LogP contribution in [0.4, 0.5) is 10.5 Å². The minimum Gasteiger partial charge on any atom is -0.318 e. The predicted molar refractivity (Wildman–Crippen MR) is 128 cm³/mol. The normalized spacial score (nSPS) is 11.7. The molecule has 0 bridgehead atoms. The summed E-state index contributed by atoms with van der Waals surface area (Å²) in [6.07, 6.45) is 1.67. The number of benzene rings is 2. The van der Waals surface area contributed by atoms with Gasteiger partial charge in [0.05, 0.1) is 6.21 Å². The van der Waals surface area contributed by atoms with Gasteiger partial charge in [0.2, 0.25) is 0 Å². The molecule has 0 saturated heterocycles. The first-order valence-corrected chi connectivity index (χ1v) is 10.6. The minimum atomic E-state index is -0.389. The van der Waals surface area contributed by atoms with Crippen LogP contribution in [0.3, 0.4) is 0 Å². The maximum atomic E-state index is 12.0. The fourth-order valence-electron chi connectivity index (χ4n) is 3.28. The number of hydrazone groups is 1. The highest BCUT2D eigenvalue weighted by Crippen LogP contribution is 2.25. The van der Waals surface area contributed by atoms with Crippen LogP contribution < -0.4 is 10.7 Å². The summed E-state index contributed by atoms with van der Waals surface area (Å²) >= 11 is 3.37. The van der Waals surface area contributed by atoms with Crippen molar-refractivity contribution in [3.8, 4) is 5.69 Å². The molecule has 1 heterocycles. The van der Waals surface area contributed by atoms with Gasteiger partial charge in [-0.3, -0.25) is 0 Å². The van der Waals surface area contributed by atoms with Crippen LogP contribution in [0, 0.1) is 13.8 Å². The Hall–Kier alpha value is -2.86. The monoisotopic (exact) mass is 466 g/mol. The number of hydrogen-bond acceptors (Lipinski definition) is 2. The van der Waals surface area contributed by atoms with Crippen molar-refractivity contribution in [1.29, 1.82) is 0 Å². The third kappa shape index (κ3) is 5.19. The van der Waals surface area contributed by atoms with Crippen molar-refractivity contribution in [2.75, 3.05) is 5.32 Å². The van der Waals surface area contributed by atoms with E-state index in [-0.39, 0.29) is 11.4 Å². The summed E-state index contributed by atoms with van der Waals surface area (Å²) < 4.78 is 3.14. The van der Waals surface area contributed by atoms with Gasteiger partial charge in [-0.15, -0.1) is 0 Å². The molecule has 3 rings (SSSR count). The number of urea groups is 1. The SMILES string of the molecule is Cc1cc(C=NNC(=O)Nc2ccc(Br)cc2)c(C)n1-c1ccc(C(C)(C)C)cc1. The number of carbonyl (C=O) groups excluding carboxylic acids is 1. The molecule has 2 amide bonds. The van der Waals surface area contributed by atoms with Crippen LogP contribution >= 0.6 is 15.9 Å². The van der Waals surface area contributed by atoms with Gasteiger partial charge in [0, 0.05) is 32.8 Å². The van der Waals surface area contributed by atoms with Crippen molar-refractivity contribution in [3.05, 3.63) is 81.6 Å². The molecule has 0 unspecified atom stereocenters. The molecule has 0 aliphatic heterocycles. The Balaban J connectivity index is 1.70. The van der Waals surface area contributed by atoms with E-state index in [1.807, 2.05) is 31.2 Å². The van der Waals surface area contributed by atoms with Crippen LogP contribution in [0.5, 0.6) is 0 Å². The van der Waals surface area contributed by atoms with Gasteiger partial charge in [-0.05, 0) is 67.3 Å². The van der Waals surface area contributed by atoms with Crippen molar-refractivity contribution in [3.63, 3.8) is 0 Å². The zero-order valence-electron chi connectivity index (χ0n) is 18.0. The van der Waals surface area contributed by atoms with Gasteiger partial charge in [-0.2, -0.15) is 5.10 Å². The lowest BCUT2D eigenvalue weighted by Gasteiger charge is -2.20. The number of nitrogens with zero attached hydrogens (tertiary/aromatic N) is 2. The number of anilines is 1. The summed E-state index contributed by atoms with van der Waals surface area (Å²) in [5, 5.41) is 6.84. The van der Waals surface area contributed by atoms with E-state index in [0.29, 0.717) is 5.69 Å². The molecule has 2 N–H and O–H groups in total. The highest BCUT2D eigenvalue weighted by molar-refractivity contribution is 9.10. The topological polar surface area (TPSA) is 58.4 Å². The number of aryl methyl sites for hydroxylation is 1. The van der Waals surface area contributed by atoms with E-state index in [9.17, 15) is 4.79 Å². The van der Waals surface area contributed by atoms with Gasteiger partial charge >= 0.3 is 6.03 Å². The highest BCUT2D eigenvalue weighted by Gasteiger charge is 2.14. The second-order valence-electron chi connectivity index (χ2n) is 8.29. The summed E-state index contributed by atoms with van der Waals surface area (Å²) in [5.74, 6) is 0. The van der Waals surface area contributed by atoms with Crippen molar-refractivity contribution < 1.29 is 4.79 Å². The second kappa shape index (κ2) is 8.88. The van der Waals surface area contributed by atoms with Crippen LogP contribution in [-0.4, -0.2) is 16.8 Å². The molecule has 0 atom stereocenters. The minimum absolute atomic E-state index is 0.125. The molecule has 1 aromatic heterocycles. The molecule has 0 spiro atoms. The largest absolute Gasteiger partial charge is 0.339 e. The van der Waals surface area contributed by atoms with E-state index in [2.05, 4.69) is 94.4 Å². The van der Waals surface area contributed by atoms with Crippen LogP contribution in [0.1, 0.15) is 43.3 Å². The molecule has 2 aromatic carbocycles. The number of halogens is 1. The van der Waals surface area contributed by atoms with Crippen molar-refractivity contribution >= 4 is 33.9 Å². The van der Waals surface area contributed by atoms with Gasteiger partial charge in [0.1, 0.15) is 0 Å². The van der Waals surface area contributed by atoms with Crippen LogP contribution in [0.25, 0.3) is 5.69 Å². The van der Waals surface area contributed by atoms with E-state index in [1.54, 1.807) is 6.21 Å². The van der Waals surface area contributed by atoms with Gasteiger partial charge in [0.25, 0.3) is 0 Å². The molecule has 0 aliphatic rings. The van der Waals surface area contributed by atoms with Crippen molar-refractivity contribution in [2.45, 2.75) is 40.0 Å². The fraction of sp³-hybridized carbons (Fsp3) is 0.250. The molecule has 6 heteroatoms. The van der Waals surface area contributed by atoms with Crippen molar-refractivity contribution in [1.82, 2.24) is 9.99 Å². The number of hydrogen-bond donors (Lipinski definition) is 2. The summed E-state index contributed by atoms with van der Waals surface area (Å²) in [6.45, 7) is 10.7. The van der Waals surface area contributed by atoms with E-state index < -0.39 is 0 Å². The molecular weight excluding hydrogens is 440 g/mol. The summed E-state index contributed by atoms with van der Waals surface area (Å²) in [5.41, 5.74) is 8.87. The van der Waals surface area contributed by atoms with Crippen LogP contribution in [0.15, 0.2) is 64.2 Å². The van der Waals surface area contributed by atoms with Gasteiger partial charge in [-0.1, -0.05) is 48.8 Å². The number of nitrogens with one attached hydrogen (secondary N) is 2. The van der Waals surface area contributed by atoms with E-state index in [4.69, 9.17) is 0 Å². The molecule has 5 nitrogen and oxygen atoms in total. The van der Waals surface area contributed by atoms with Crippen LogP contribution in [-0.2, 0) is 5.41 Å². The Morgan fingerprint density at radius 2 is 1.67 bits per heavy atom. The summed E-state index contributed by atoms with van der Waals surface area (Å²) in [4.78, 5) is 12.0. The van der Waals surface area contributed by atoms with Crippen LogP contribution in [0.2, 0.25) is 0 Å². The van der Waals surface area contributed by atoms with E-state index in [0.717, 1.165) is 27.1 Å². The second-order valence-corrected chi connectivity index (χ2v) is 9.21. The zero-order valence-corrected chi connectivity index (χ0v) is 19.5. The van der Waals surface area contributed by atoms with Gasteiger partial charge < -0.3 is 9.88 Å². The first kappa shape index (κ1) is 21.8. The van der Waals surface area contributed by atoms with Gasteiger partial charge in [-0.25, -0.2) is 10.2 Å². The lowest BCUT2D eigenvalue weighted by atomic mass is 9.87. The molecule has 156 valence electrons. The smallest absolute Gasteiger partial charge is 0.318 e. The third-order valence-corrected chi connectivity index (χ3v) is 5.46. The first-order chi connectivity index (χ1) is 14.1. The third-order valence-electron chi connectivity index (χ3n) is 4.93. The average Bonchev–Trinajstić information content (AvgIpc) is 2.96. The first-order valence-electron chi connectivity index (χ1n) is 9.80. The highest BCUT2D eigenvalue weighted by atomic mass is 79.9. The fourth-order valence-corrected chi connectivity index (χ4v) is 3.54. The quantitative estimate of drug-likeness (QED) is 0.343. The Morgan fingerprint density at radius 3 is 2.27 bits per heavy atom. The van der Waals surface area contributed by atoms with E-state index in [1.165, 1.54) is 5.56 Å². The molecular formula is C24H27BrN4O. The van der Waals surface area contributed by atoms with Crippen molar-refractivity contribution in [2.24, 2.45) is 5.10 Å². The molecule has 0 aliphatic carbocycles. The Morgan fingerprint density at radius 1 is 1.03 bits per heavy atom. The number of amides is 2. The Kier molecular flexibility index (Phi) is 6.46. The zero-order chi connectivity index (χ0) is 21.9. The molecule has 0 radical (unpaired) electrons. The molecule has 3 aromatic rings. The Bertz CT molecular complexity index is 1060. The maximum Gasteiger partial charge on any atom is 0.339 e. The lowest BCUT2D eigenvalue weighted by Crippen LogP contribution is -2.24. The maximum absolute atomic E-state index is 12.0. The molecule has 30 heavy (non-hydrogen) atoms. The Labute approximate surface area is 186 Å². The molecule has 0 fully saturated rings. The number of rotatable bonds is 4. The lowest BCUT2D eigenvalue weighted by molar-refractivity contribution is 0.252. The van der Waals surface area contributed by atoms with E-state index >= 15 is 0 Å². The number of aromatic nitrogens is 1. The summed E-state index contributed by atoms with van der Waals surface area (Å²) in [7, 11) is 0. The molecule has 0 saturated carbocycles. The summed E-state index contributed by atoms with van der Waals surface area (Å²) in [6, 6.07) is 17.7. The average molecular weight is 467 g/mol. The van der Waals surface area contributed by atoms with Gasteiger partial charge in [0.15, 0.2) is 0 Å². The standard InChI is InChI=1S/C24H27BrN4O/c1-16-14-18(15-26-28-23(30)27-21-10-8-20(25)9-11-21)17(2)29(16)22-12-6-19(7-13-22)24(3,4)5/h6-15H,1-5H3,(H2,27,28,30). The predicted octanol–water partition coefficient (Wildman–Crippen LogP) is 6.31. The number of carbonyl (C=O) groups is 1.